The summed E-state index contributed by atoms with van der Waals surface area (Å²) in [5, 5.41) is 3.41. The Hall–Kier alpha value is -0.860. The standard InChI is InChI=1S/C20H31NO2/c1-12(22)13-7-8-14-17-15(9-11-19(13,14)2)20(3)10-5-4-6-16(20)21-18(17)23/h13-17H,4-11H2,1-3H3,(H,21,23)/t13-,14+,15+,16+,17+,19-,20-/m1/s1. The predicted molar refractivity (Wildman–Crippen MR) is 89.7 cm³/mol. The van der Waals surface area contributed by atoms with E-state index in [0.29, 0.717) is 29.6 Å². The Kier molecular flexibility index (Phi) is 3.45. The summed E-state index contributed by atoms with van der Waals surface area (Å²) in [5.74, 6) is 1.92. The molecule has 0 aromatic heterocycles. The number of carbonyl (C=O) groups excluding carboxylic acids is 2. The molecule has 128 valence electrons. The fourth-order valence-electron chi connectivity index (χ4n) is 7.22. The summed E-state index contributed by atoms with van der Waals surface area (Å²) in [6, 6.07) is 0.388. The van der Waals surface area contributed by atoms with Gasteiger partial charge in [-0.1, -0.05) is 26.7 Å². The van der Waals surface area contributed by atoms with Gasteiger partial charge in [-0.2, -0.15) is 0 Å². The van der Waals surface area contributed by atoms with Crippen molar-refractivity contribution in [3.8, 4) is 0 Å². The summed E-state index contributed by atoms with van der Waals surface area (Å²) < 4.78 is 0. The molecule has 0 bridgehead atoms. The fraction of sp³-hybridized carbons (Fsp3) is 0.900. The summed E-state index contributed by atoms with van der Waals surface area (Å²) in [5.41, 5.74) is 0.342. The average Bonchev–Trinajstić information content (AvgIpc) is 2.85. The second-order valence-corrected chi connectivity index (χ2v) is 9.34. The normalized spacial score (nSPS) is 52.1. The molecule has 3 nitrogen and oxygen atoms in total. The monoisotopic (exact) mass is 317 g/mol. The van der Waals surface area contributed by atoms with Crippen molar-refractivity contribution >= 4 is 11.7 Å². The topological polar surface area (TPSA) is 46.2 Å². The molecule has 4 rings (SSSR count). The minimum atomic E-state index is 0.0577. The second-order valence-electron chi connectivity index (χ2n) is 9.34. The highest BCUT2D eigenvalue weighted by Gasteiger charge is 2.62. The second kappa shape index (κ2) is 5.07. The summed E-state index contributed by atoms with van der Waals surface area (Å²) in [6.45, 7) is 6.49. The lowest BCUT2D eigenvalue weighted by Gasteiger charge is -2.59. The number of amides is 1. The molecule has 0 spiro atoms. The smallest absolute Gasteiger partial charge is 0.223 e. The van der Waals surface area contributed by atoms with Crippen molar-refractivity contribution in [3.05, 3.63) is 0 Å². The van der Waals surface area contributed by atoms with Gasteiger partial charge in [0.1, 0.15) is 5.78 Å². The maximum atomic E-state index is 13.0. The van der Waals surface area contributed by atoms with E-state index in [2.05, 4.69) is 19.2 Å². The number of nitrogens with one attached hydrogen (secondary N) is 1. The number of rotatable bonds is 1. The summed E-state index contributed by atoms with van der Waals surface area (Å²) in [7, 11) is 0. The van der Waals surface area contributed by atoms with Gasteiger partial charge in [0.25, 0.3) is 0 Å². The molecule has 1 N–H and O–H groups in total. The third-order valence-corrected chi connectivity index (χ3v) is 8.48. The van der Waals surface area contributed by atoms with Crippen LogP contribution in [-0.4, -0.2) is 17.7 Å². The minimum absolute atomic E-state index is 0.0577. The van der Waals surface area contributed by atoms with Crippen molar-refractivity contribution in [1.29, 1.82) is 0 Å². The summed E-state index contributed by atoms with van der Waals surface area (Å²) >= 11 is 0. The summed E-state index contributed by atoms with van der Waals surface area (Å²) in [4.78, 5) is 25.1. The molecule has 0 aromatic rings. The van der Waals surface area contributed by atoms with E-state index in [-0.39, 0.29) is 22.7 Å². The number of piperidine rings is 1. The average molecular weight is 317 g/mol. The molecular weight excluding hydrogens is 286 g/mol. The molecule has 7 atom stereocenters. The zero-order valence-electron chi connectivity index (χ0n) is 14.9. The summed E-state index contributed by atoms with van der Waals surface area (Å²) in [6.07, 6.45) is 9.32. The van der Waals surface area contributed by atoms with Crippen molar-refractivity contribution in [1.82, 2.24) is 5.32 Å². The Labute approximate surface area is 140 Å². The van der Waals surface area contributed by atoms with Crippen molar-refractivity contribution in [2.45, 2.75) is 78.2 Å². The number of hydrogen-bond donors (Lipinski definition) is 1. The van der Waals surface area contributed by atoms with Crippen LogP contribution < -0.4 is 5.32 Å². The van der Waals surface area contributed by atoms with E-state index in [1.165, 1.54) is 19.3 Å². The van der Waals surface area contributed by atoms with Crippen LogP contribution in [0.2, 0.25) is 0 Å². The first-order chi connectivity index (χ1) is 10.9. The molecule has 1 heterocycles. The highest BCUT2D eigenvalue weighted by molar-refractivity contribution is 5.83. The van der Waals surface area contributed by atoms with Crippen molar-refractivity contribution in [3.63, 3.8) is 0 Å². The van der Waals surface area contributed by atoms with Crippen LogP contribution in [0, 0.1) is 34.5 Å². The van der Waals surface area contributed by atoms with Gasteiger partial charge in [-0.3, -0.25) is 9.59 Å². The molecule has 23 heavy (non-hydrogen) atoms. The van der Waals surface area contributed by atoms with E-state index in [4.69, 9.17) is 0 Å². The van der Waals surface area contributed by atoms with Crippen molar-refractivity contribution in [2.24, 2.45) is 34.5 Å². The lowest BCUT2D eigenvalue weighted by Crippen LogP contribution is -2.65. The Morgan fingerprint density at radius 2 is 1.74 bits per heavy atom. The molecule has 1 aliphatic heterocycles. The quantitative estimate of drug-likeness (QED) is 0.801. The molecule has 0 unspecified atom stereocenters. The van der Waals surface area contributed by atoms with Crippen molar-refractivity contribution < 1.29 is 9.59 Å². The Bertz CT molecular complexity index is 544. The molecule has 1 amide bonds. The number of ketones is 1. The number of hydrogen-bond acceptors (Lipinski definition) is 2. The first kappa shape index (κ1) is 15.7. The molecule has 1 saturated heterocycles. The van der Waals surface area contributed by atoms with Crippen LogP contribution in [0.4, 0.5) is 0 Å². The van der Waals surface area contributed by atoms with E-state index in [0.717, 1.165) is 32.1 Å². The zero-order chi connectivity index (χ0) is 16.4. The molecule has 3 aliphatic carbocycles. The largest absolute Gasteiger partial charge is 0.353 e. The number of Topliss-reactive ketones (excluding diaryl/α,β-unsaturated/α-hetero) is 1. The van der Waals surface area contributed by atoms with Crippen LogP contribution in [0.5, 0.6) is 0 Å². The van der Waals surface area contributed by atoms with Crippen LogP contribution in [0.15, 0.2) is 0 Å². The van der Waals surface area contributed by atoms with Gasteiger partial charge in [0.15, 0.2) is 0 Å². The van der Waals surface area contributed by atoms with Gasteiger partial charge in [0, 0.05) is 17.9 Å². The van der Waals surface area contributed by atoms with Crippen LogP contribution in [0.1, 0.15) is 72.1 Å². The Morgan fingerprint density at radius 3 is 2.48 bits per heavy atom. The maximum Gasteiger partial charge on any atom is 0.223 e. The van der Waals surface area contributed by atoms with Gasteiger partial charge in [-0.05, 0) is 68.1 Å². The van der Waals surface area contributed by atoms with Crippen LogP contribution in [0.3, 0.4) is 0 Å². The molecule has 4 fully saturated rings. The van der Waals surface area contributed by atoms with Gasteiger partial charge < -0.3 is 5.32 Å². The van der Waals surface area contributed by atoms with E-state index in [1.807, 2.05) is 0 Å². The third kappa shape index (κ3) is 2.01. The van der Waals surface area contributed by atoms with E-state index in [1.54, 1.807) is 6.92 Å². The van der Waals surface area contributed by atoms with E-state index in [9.17, 15) is 9.59 Å². The fourth-order valence-corrected chi connectivity index (χ4v) is 7.22. The number of carbonyl (C=O) groups is 2. The van der Waals surface area contributed by atoms with Gasteiger partial charge >= 0.3 is 0 Å². The molecule has 0 radical (unpaired) electrons. The van der Waals surface area contributed by atoms with Crippen LogP contribution >= 0.6 is 0 Å². The van der Waals surface area contributed by atoms with Crippen molar-refractivity contribution in [2.75, 3.05) is 0 Å². The van der Waals surface area contributed by atoms with Gasteiger partial charge in [0.2, 0.25) is 5.91 Å². The first-order valence-electron chi connectivity index (χ1n) is 9.69. The SMILES string of the molecule is CC(=O)[C@H]1CC[C@H]2[C@@H]3C(=O)N[C@H]4CCCC[C@]4(C)[C@H]3CC[C@]12C. The van der Waals surface area contributed by atoms with Gasteiger partial charge in [-0.15, -0.1) is 0 Å². The molecular formula is C20H31NO2. The lowest BCUT2D eigenvalue weighted by molar-refractivity contribution is -0.156. The highest BCUT2D eigenvalue weighted by atomic mass is 16.2. The first-order valence-corrected chi connectivity index (χ1v) is 9.69. The molecule has 3 saturated carbocycles. The minimum Gasteiger partial charge on any atom is -0.353 e. The van der Waals surface area contributed by atoms with Gasteiger partial charge in [-0.25, -0.2) is 0 Å². The predicted octanol–water partition coefficient (Wildman–Crippen LogP) is 3.71. The van der Waals surface area contributed by atoms with E-state index >= 15 is 0 Å². The third-order valence-electron chi connectivity index (χ3n) is 8.48. The Morgan fingerprint density at radius 1 is 1.00 bits per heavy atom. The maximum absolute atomic E-state index is 13.0. The lowest BCUT2D eigenvalue weighted by atomic mass is 9.48. The molecule has 4 aliphatic rings. The number of fused-ring (bicyclic) bond motifs is 5. The van der Waals surface area contributed by atoms with Crippen LogP contribution in [-0.2, 0) is 9.59 Å². The Balaban J connectivity index is 1.69. The van der Waals surface area contributed by atoms with Gasteiger partial charge in [0.05, 0.1) is 0 Å². The molecule has 3 heteroatoms. The highest BCUT2D eigenvalue weighted by Crippen LogP contribution is 2.64. The van der Waals surface area contributed by atoms with Crippen LogP contribution in [0.25, 0.3) is 0 Å². The molecule has 0 aromatic carbocycles. The van der Waals surface area contributed by atoms with E-state index < -0.39 is 0 Å². The zero-order valence-corrected chi connectivity index (χ0v) is 14.9.